The van der Waals surface area contributed by atoms with Gasteiger partial charge in [-0.1, -0.05) is 18.2 Å². The first-order chi connectivity index (χ1) is 12.0. The lowest BCUT2D eigenvalue weighted by Gasteiger charge is -2.11. The fourth-order valence-electron chi connectivity index (χ4n) is 2.73. The third-order valence-electron chi connectivity index (χ3n) is 4.07. The van der Waals surface area contributed by atoms with Crippen LogP contribution in [0.1, 0.15) is 16.1 Å². The van der Waals surface area contributed by atoms with Gasteiger partial charge in [-0.15, -0.1) is 0 Å². The first-order valence-electron chi connectivity index (χ1n) is 7.84. The van der Waals surface area contributed by atoms with Crippen LogP contribution in [0.25, 0.3) is 22.3 Å². The third kappa shape index (κ3) is 3.35. The topological polar surface area (TPSA) is 68.0 Å². The fourth-order valence-corrected chi connectivity index (χ4v) is 2.73. The number of carbonyl (C=O) groups excluding carboxylic acids is 1. The van der Waals surface area contributed by atoms with Gasteiger partial charge in [0.2, 0.25) is 0 Å². The van der Waals surface area contributed by atoms with Gasteiger partial charge in [-0.05, 0) is 65.1 Å². The Labute approximate surface area is 145 Å². The molecule has 0 aliphatic carbocycles. The number of benzene rings is 2. The molecule has 3 rings (SSSR count). The molecule has 0 saturated heterocycles. The lowest BCUT2D eigenvalue weighted by Crippen LogP contribution is -2.19. The van der Waals surface area contributed by atoms with E-state index in [2.05, 4.69) is 10.3 Å². The zero-order valence-electron chi connectivity index (χ0n) is 14.0. The molecule has 0 aliphatic rings. The van der Waals surface area contributed by atoms with E-state index in [1.54, 1.807) is 25.4 Å². The predicted molar refractivity (Wildman–Crippen MR) is 97.6 cm³/mol. The van der Waals surface area contributed by atoms with Crippen molar-refractivity contribution in [1.29, 1.82) is 0 Å². The molecule has 0 aliphatic heterocycles. The summed E-state index contributed by atoms with van der Waals surface area (Å²) in [6.07, 6.45) is 1.60. The van der Waals surface area contributed by atoms with Gasteiger partial charge in [-0.25, -0.2) is 4.39 Å². The van der Waals surface area contributed by atoms with Crippen molar-refractivity contribution in [2.45, 2.75) is 6.92 Å². The smallest absolute Gasteiger partial charge is 0.269 e. The SMILES string of the molecule is CNC(=O)c1cc(-c2cccc(-c3cc(N)c(F)cc3C)c2)ccn1. The van der Waals surface area contributed by atoms with Gasteiger partial charge in [0.25, 0.3) is 5.91 Å². The summed E-state index contributed by atoms with van der Waals surface area (Å²) < 4.78 is 13.6. The first kappa shape index (κ1) is 16.6. The first-order valence-corrected chi connectivity index (χ1v) is 7.84. The van der Waals surface area contributed by atoms with E-state index in [1.807, 2.05) is 37.3 Å². The van der Waals surface area contributed by atoms with Gasteiger partial charge in [0.1, 0.15) is 11.5 Å². The summed E-state index contributed by atoms with van der Waals surface area (Å²) in [5, 5.41) is 2.57. The average Bonchev–Trinajstić information content (AvgIpc) is 2.64. The van der Waals surface area contributed by atoms with Crippen LogP contribution >= 0.6 is 0 Å². The van der Waals surface area contributed by atoms with Crippen molar-refractivity contribution in [1.82, 2.24) is 10.3 Å². The molecule has 25 heavy (non-hydrogen) atoms. The minimum absolute atomic E-state index is 0.122. The van der Waals surface area contributed by atoms with E-state index in [0.717, 1.165) is 27.8 Å². The third-order valence-corrected chi connectivity index (χ3v) is 4.07. The van der Waals surface area contributed by atoms with Gasteiger partial charge in [0.05, 0.1) is 5.69 Å². The molecule has 1 amide bonds. The Balaban J connectivity index is 2.06. The van der Waals surface area contributed by atoms with E-state index in [-0.39, 0.29) is 11.6 Å². The molecule has 0 saturated carbocycles. The van der Waals surface area contributed by atoms with Crippen LogP contribution in [0.2, 0.25) is 0 Å². The number of amides is 1. The van der Waals surface area contributed by atoms with Gasteiger partial charge >= 0.3 is 0 Å². The Kier molecular flexibility index (Phi) is 4.48. The Hall–Kier alpha value is -3.21. The molecule has 0 bridgehead atoms. The molecule has 0 spiro atoms. The molecule has 0 radical (unpaired) electrons. The van der Waals surface area contributed by atoms with Gasteiger partial charge in [-0.3, -0.25) is 9.78 Å². The maximum absolute atomic E-state index is 13.6. The summed E-state index contributed by atoms with van der Waals surface area (Å²) >= 11 is 0. The van der Waals surface area contributed by atoms with E-state index in [9.17, 15) is 9.18 Å². The zero-order chi connectivity index (χ0) is 18.0. The number of nitrogen functional groups attached to an aromatic ring is 1. The fraction of sp³-hybridized carbons (Fsp3) is 0.100. The Morgan fingerprint density at radius 3 is 2.56 bits per heavy atom. The second-order valence-electron chi connectivity index (χ2n) is 5.78. The van der Waals surface area contributed by atoms with E-state index < -0.39 is 5.82 Å². The van der Waals surface area contributed by atoms with Crippen molar-refractivity contribution < 1.29 is 9.18 Å². The van der Waals surface area contributed by atoms with E-state index >= 15 is 0 Å². The maximum atomic E-state index is 13.6. The van der Waals surface area contributed by atoms with Crippen LogP contribution in [-0.4, -0.2) is 17.9 Å². The summed E-state index contributed by atoms with van der Waals surface area (Å²) in [6, 6.07) is 14.5. The predicted octanol–water partition coefficient (Wildman–Crippen LogP) is 3.80. The van der Waals surface area contributed by atoms with Crippen molar-refractivity contribution in [2.24, 2.45) is 0 Å². The molecule has 5 heteroatoms. The highest BCUT2D eigenvalue weighted by Crippen LogP contribution is 2.30. The van der Waals surface area contributed by atoms with Crippen LogP contribution in [0, 0.1) is 12.7 Å². The van der Waals surface area contributed by atoms with E-state index in [4.69, 9.17) is 5.73 Å². The summed E-state index contributed by atoms with van der Waals surface area (Å²) in [6.45, 7) is 1.85. The number of rotatable bonds is 3. The van der Waals surface area contributed by atoms with Crippen molar-refractivity contribution in [3.8, 4) is 22.3 Å². The van der Waals surface area contributed by atoms with Crippen LogP contribution in [0.4, 0.5) is 10.1 Å². The molecule has 0 atom stereocenters. The van der Waals surface area contributed by atoms with Crippen molar-refractivity contribution >= 4 is 11.6 Å². The molecular weight excluding hydrogens is 317 g/mol. The van der Waals surface area contributed by atoms with Gasteiger partial charge in [0.15, 0.2) is 0 Å². The quantitative estimate of drug-likeness (QED) is 0.715. The van der Waals surface area contributed by atoms with Crippen molar-refractivity contribution in [3.63, 3.8) is 0 Å². The molecular formula is C20H18FN3O. The minimum atomic E-state index is -0.415. The van der Waals surface area contributed by atoms with Crippen LogP contribution < -0.4 is 11.1 Å². The average molecular weight is 335 g/mol. The Morgan fingerprint density at radius 2 is 1.80 bits per heavy atom. The standard InChI is InChI=1S/C20H18FN3O/c1-12-8-17(21)18(22)11-16(12)15-5-3-4-13(9-15)14-6-7-24-19(10-14)20(25)23-2/h3-11H,22H2,1-2H3,(H,23,25). The number of pyridine rings is 1. The number of nitrogens with one attached hydrogen (secondary N) is 1. The molecule has 2 aromatic carbocycles. The van der Waals surface area contributed by atoms with Crippen LogP contribution in [0.5, 0.6) is 0 Å². The normalized spacial score (nSPS) is 10.5. The highest BCUT2D eigenvalue weighted by molar-refractivity contribution is 5.93. The number of nitrogens with zero attached hydrogens (tertiary/aromatic N) is 1. The number of carbonyl (C=O) groups is 1. The van der Waals surface area contributed by atoms with E-state index in [1.165, 1.54) is 6.07 Å². The number of hydrogen-bond acceptors (Lipinski definition) is 3. The van der Waals surface area contributed by atoms with Crippen molar-refractivity contribution in [3.05, 3.63) is 71.8 Å². The molecule has 0 unspecified atom stereocenters. The van der Waals surface area contributed by atoms with Gasteiger partial charge in [0, 0.05) is 13.2 Å². The monoisotopic (exact) mass is 335 g/mol. The Morgan fingerprint density at radius 1 is 1.08 bits per heavy atom. The van der Waals surface area contributed by atoms with Crippen LogP contribution in [-0.2, 0) is 0 Å². The minimum Gasteiger partial charge on any atom is -0.396 e. The van der Waals surface area contributed by atoms with Crippen molar-refractivity contribution in [2.75, 3.05) is 12.8 Å². The number of nitrogens with two attached hydrogens (primary N) is 1. The highest BCUT2D eigenvalue weighted by Gasteiger charge is 2.10. The maximum Gasteiger partial charge on any atom is 0.269 e. The van der Waals surface area contributed by atoms with Gasteiger partial charge in [-0.2, -0.15) is 0 Å². The summed E-state index contributed by atoms with van der Waals surface area (Å²) in [7, 11) is 1.57. The van der Waals surface area contributed by atoms with Gasteiger partial charge < -0.3 is 11.1 Å². The highest BCUT2D eigenvalue weighted by atomic mass is 19.1. The molecule has 0 fully saturated rings. The molecule has 126 valence electrons. The zero-order valence-corrected chi connectivity index (χ0v) is 14.0. The number of aryl methyl sites for hydroxylation is 1. The summed E-state index contributed by atoms with van der Waals surface area (Å²) in [5.41, 5.74) is 10.6. The Bertz CT molecular complexity index is 953. The summed E-state index contributed by atoms with van der Waals surface area (Å²) in [5.74, 6) is -0.651. The number of halogens is 1. The number of anilines is 1. The molecule has 3 N–H and O–H groups in total. The summed E-state index contributed by atoms with van der Waals surface area (Å²) in [4.78, 5) is 15.9. The molecule has 1 aromatic heterocycles. The number of aromatic nitrogens is 1. The molecule has 4 nitrogen and oxygen atoms in total. The number of hydrogen-bond donors (Lipinski definition) is 2. The lowest BCUT2D eigenvalue weighted by atomic mass is 9.96. The van der Waals surface area contributed by atoms with Crippen LogP contribution in [0.15, 0.2) is 54.7 Å². The lowest BCUT2D eigenvalue weighted by molar-refractivity contribution is 0.0958. The second-order valence-corrected chi connectivity index (χ2v) is 5.78. The second kappa shape index (κ2) is 6.73. The molecule has 3 aromatic rings. The largest absolute Gasteiger partial charge is 0.396 e. The van der Waals surface area contributed by atoms with Crippen LogP contribution in [0.3, 0.4) is 0 Å². The van der Waals surface area contributed by atoms with E-state index in [0.29, 0.717) is 5.69 Å². The molecule has 1 heterocycles.